The van der Waals surface area contributed by atoms with Gasteiger partial charge in [0.1, 0.15) is 17.6 Å². The van der Waals surface area contributed by atoms with Crippen molar-refractivity contribution in [1.82, 2.24) is 0 Å². The first-order valence-electron chi connectivity index (χ1n) is 6.20. The van der Waals surface area contributed by atoms with Crippen LogP contribution >= 0.6 is 0 Å². The van der Waals surface area contributed by atoms with Crippen LogP contribution in [-0.4, -0.2) is 6.54 Å². The normalized spacial score (nSPS) is 9.95. The van der Waals surface area contributed by atoms with E-state index in [1.807, 2.05) is 43.3 Å². The lowest BCUT2D eigenvalue weighted by Gasteiger charge is -2.09. The minimum atomic E-state index is 0.539. The van der Waals surface area contributed by atoms with Gasteiger partial charge in [0.05, 0.1) is 5.56 Å². The molecule has 0 aromatic heterocycles. The van der Waals surface area contributed by atoms with Crippen molar-refractivity contribution in [2.45, 2.75) is 13.3 Å². The van der Waals surface area contributed by atoms with Crippen LogP contribution in [0.1, 0.15) is 16.7 Å². The van der Waals surface area contributed by atoms with Gasteiger partial charge in [-0.2, -0.15) is 5.26 Å². The van der Waals surface area contributed by atoms with Gasteiger partial charge in [-0.25, -0.2) is 0 Å². The van der Waals surface area contributed by atoms with Gasteiger partial charge in [0.25, 0.3) is 0 Å². The summed E-state index contributed by atoms with van der Waals surface area (Å²) in [4.78, 5) is 0. The first kappa shape index (κ1) is 13.1. The zero-order chi connectivity index (χ0) is 13.7. The van der Waals surface area contributed by atoms with E-state index in [-0.39, 0.29) is 0 Å². The Morgan fingerprint density at radius 3 is 2.53 bits per heavy atom. The van der Waals surface area contributed by atoms with Crippen molar-refractivity contribution >= 4 is 0 Å². The van der Waals surface area contributed by atoms with E-state index in [2.05, 4.69) is 6.07 Å². The lowest BCUT2D eigenvalue weighted by atomic mass is 10.1. The summed E-state index contributed by atoms with van der Waals surface area (Å²) >= 11 is 0. The summed E-state index contributed by atoms with van der Waals surface area (Å²) < 4.78 is 5.76. The van der Waals surface area contributed by atoms with Gasteiger partial charge in [-0.3, -0.25) is 0 Å². The topological polar surface area (TPSA) is 59.0 Å². The smallest absolute Gasteiger partial charge is 0.145 e. The number of nitriles is 1. The van der Waals surface area contributed by atoms with Gasteiger partial charge in [-0.05, 0) is 55.3 Å². The molecule has 0 amide bonds. The Kier molecular flexibility index (Phi) is 4.17. The number of nitrogens with two attached hydrogens (primary N) is 1. The lowest BCUT2D eigenvalue weighted by molar-refractivity contribution is 0.480. The molecule has 0 aliphatic carbocycles. The summed E-state index contributed by atoms with van der Waals surface area (Å²) in [5.74, 6) is 1.32. The predicted octanol–water partition coefficient (Wildman–Crippen LogP) is 3.16. The molecule has 0 saturated heterocycles. The van der Waals surface area contributed by atoms with Crippen LogP contribution in [0.2, 0.25) is 0 Å². The first-order valence-corrected chi connectivity index (χ1v) is 6.20. The Morgan fingerprint density at radius 2 is 1.89 bits per heavy atom. The Morgan fingerprint density at radius 1 is 1.16 bits per heavy atom. The average Bonchev–Trinajstić information content (AvgIpc) is 2.42. The summed E-state index contributed by atoms with van der Waals surface area (Å²) in [6.45, 7) is 2.61. The number of aryl methyl sites for hydroxylation is 1. The standard InChI is InChI=1S/C16H16N2O/c1-12-2-5-14(11-18)16(10-12)19-15-6-3-13(4-7-15)8-9-17/h2-7,10H,8-9,17H2,1H3. The maximum Gasteiger partial charge on any atom is 0.145 e. The molecule has 0 aliphatic heterocycles. The number of benzene rings is 2. The molecule has 2 aromatic carbocycles. The minimum Gasteiger partial charge on any atom is -0.456 e. The average molecular weight is 252 g/mol. The Bertz CT molecular complexity index is 597. The van der Waals surface area contributed by atoms with Crippen molar-refractivity contribution in [2.75, 3.05) is 6.54 Å². The third-order valence-electron chi connectivity index (χ3n) is 2.84. The summed E-state index contributed by atoms with van der Waals surface area (Å²) in [6.07, 6.45) is 0.855. The number of hydrogen-bond acceptors (Lipinski definition) is 3. The Hall–Kier alpha value is -2.31. The van der Waals surface area contributed by atoms with Crippen LogP contribution in [-0.2, 0) is 6.42 Å². The van der Waals surface area contributed by atoms with Gasteiger partial charge in [0.2, 0.25) is 0 Å². The fraction of sp³-hybridized carbons (Fsp3) is 0.188. The lowest BCUT2D eigenvalue weighted by Crippen LogP contribution is -2.02. The van der Waals surface area contributed by atoms with E-state index in [9.17, 15) is 0 Å². The number of ether oxygens (including phenoxy) is 1. The summed E-state index contributed by atoms with van der Waals surface area (Å²) in [7, 11) is 0. The number of rotatable bonds is 4. The van der Waals surface area contributed by atoms with E-state index >= 15 is 0 Å². The minimum absolute atomic E-state index is 0.539. The quantitative estimate of drug-likeness (QED) is 0.909. The van der Waals surface area contributed by atoms with E-state index in [0.29, 0.717) is 17.9 Å². The molecule has 0 aliphatic rings. The fourth-order valence-corrected chi connectivity index (χ4v) is 1.82. The molecule has 2 N–H and O–H groups in total. The second-order valence-corrected chi connectivity index (χ2v) is 4.40. The maximum absolute atomic E-state index is 9.06. The van der Waals surface area contributed by atoms with E-state index in [0.717, 1.165) is 17.7 Å². The second kappa shape index (κ2) is 6.03. The molecule has 0 spiro atoms. The Balaban J connectivity index is 2.21. The molecule has 2 aromatic rings. The third-order valence-corrected chi connectivity index (χ3v) is 2.84. The highest BCUT2D eigenvalue weighted by atomic mass is 16.5. The summed E-state index contributed by atoms with van der Waals surface area (Å²) in [5.41, 5.74) is 8.29. The van der Waals surface area contributed by atoms with E-state index in [4.69, 9.17) is 15.7 Å². The molecule has 3 nitrogen and oxygen atoms in total. The van der Waals surface area contributed by atoms with Crippen LogP contribution in [0.3, 0.4) is 0 Å². The largest absolute Gasteiger partial charge is 0.456 e. The van der Waals surface area contributed by atoms with Gasteiger partial charge in [0, 0.05) is 0 Å². The van der Waals surface area contributed by atoms with E-state index in [1.165, 1.54) is 5.56 Å². The Labute approximate surface area is 113 Å². The molecule has 2 rings (SSSR count). The molecular formula is C16H16N2O. The summed E-state index contributed by atoms with van der Waals surface area (Å²) in [5, 5.41) is 9.06. The van der Waals surface area contributed by atoms with Crippen molar-refractivity contribution in [1.29, 1.82) is 5.26 Å². The SMILES string of the molecule is Cc1ccc(C#N)c(Oc2ccc(CCN)cc2)c1. The molecule has 0 atom stereocenters. The number of nitrogens with zero attached hydrogens (tertiary/aromatic N) is 1. The molecule has 19 heavy (non-hydrogen) atoms. The van der Waals surface area contributed by atoms with Gasteiger partial charge < -0.3 is 10.5 Å². The molecule has 0 radical (unpaired) electrons. The molecular weight excluding hydrogens is 236 g/mol. The molecule has 0 heterocycles. The predicted molar refractivity (Wildman–Crippen MR) is 75.2 cm³/mol. The molecule has 3 heteroatoms. The van der Waals surface area contributed by atoms with Crippen molar-refractivity contribution in [2.24, 2.45) is 5.73 Å². The van der Waals surface area contributed by atoms with Crippen LogP contribution in [0, 0.1) is 18.3 Å². The van der Waals surface area contributed by atoms with Crippen molar-refractivity contribution in [3.8, 4) is 17.6 Å². The van der Waals surface area contributed by atoms with Crippen LogP contribution in [0.5, 0.6) is 11.5 Å². The monoisotopic (exact) mass is 252 g/mol. The fourth-order valence-electron chi connectivity index (χ4n) is 1.82. The van der Waals surface area contributed by atoms with Crippen LogP contribution in [0.15, 0.2) is 42.5 Å². The van der Waals surface area contributed by atoms with E-state index in [1.54, 1.807) is 6.07 Å². The van der Waals surface area contributed by atoms with Gasteiger partial charge in [0.15, 0.2) is 0 Å². The third kappa shape index (κ3) is 3.34. The second-order valence-electron chi connectivity index (χ2n) is 4.40. The van der Waals surface area contributed by atoms with E-state index < -0.39 is 0 Å². The molecule has 0 saturated carbocycles. The highest BCUT2D eigenvalue weighted by Crippen LogP contribution is 2.26. The van der Waals surface area contributed by atoms with Crippen LogP contribution in [0.25, 0.3) is 0 Å². The van der Waals surface area contributed by atoms with Crippen molar-refractivity contribution < 1.29 is 4.74 Å². The molecule has 0 unspecified atom stereocenters. The number of hydrogen-bond donors (Lipinski definition) is 1. The summed E-state index contributed by atoms with van der Waals surface area (Å²) in [6, 6.07) is 15.4. The van der Waals surface area contributed by atoms with Gasteiger partial charge >= 0.3 is 0 Å². The molecule has 96 valence electrons. The van der Waals surface area contributed by atoms with Crippen LogP contribution in [0.4, 0.5) is 0 Å². The first-order chi connectivity index (χ1) is 9.22. The van der Waals surface area contributed by atoms with Gasteiger partial charge in [-0.15, -0.1) is 0 Å². The molecule has 0 fully saturated rings. The highest BCUT2D eigenvalue weighted by molar-refractivity contribution is 5.47. The van der Waals surface area contributed by atoms with Crippen molar-refractivity contribution in [3.05, 3.63) is 59.2 Å². The maximum atomic E-state index is 9.06. The molecule has 0 bridgehead atoms. The highest BCUT2D eigenvalue weighted by Gasteiger charge is 2.05. The van der Waals surface area contributed by atoms with Crippen LogP contribution < -0.4 is 10.5 Å². The zero-order valence-corrected chi connectivity index (χ0v) is 10.9. The van der Waals surface area contributed by atoms with Crippen molar-refractivity contribution in [3.63, 3.8) is 0 Å². The zero-order valence-electron chi connectivity index (χ0n) is 10.9. The van der Waals surface area contributed by atoms with Gasteiger partial charge in [-0.1, -0.05) is 18.2 Å².